The molecule has 0 bridgehead atoms. The second-order valence-corrected chi connectivity index (χ2v) is 5.07. The smallest absolute Gasteiger partial charge is 0.181 e. The van der Waals surface area contributed by atoms with E-state index in [0.717, 1.165) is 35.7 Å². The van der Waals surface area contributed by atoms with Gasteiger partial charge in [-0.05, 0) is 17.9 Å². The molecule has 0 saturated heterocycles. The second kappa shape index (κ2) is 4.53. The summed E-state index contributed by atoms with van der Waals surface area (Å²) < 4.78 is 2.05. The zero-order valence-corrected chi connectivity index (χ0v) is 10.6. The first-order chi connectivity index (χ1) is 8.76. The van der Waals surface area contributed by atoms with Crippen LogP contribution in [0.4, 0.5) is 0 Å². The summed E-state index contributed by atoms with van der Waals surface area (Å²) in [5.41, 5.74) is 7.80. The van der Waals surface area contributed by atoms with Crippen molar-refractivity contribution in [2.24, 2.45) is 11.7 Å². The van der Waals surface area contributed by atoms with Gasteiger partial charge in [-0.25, -0.2) is 9.67 Å². The summed E-state index contributed by atoms with van der Waals surface area (Å²) in [7, 11) is 0. The van der Waals surface area contributed by atoms with Gasteiger partial charge in [-0.1, -0.05) is 31.2 Å². The topological polar surface area (TPSA) is 56.7 Å². The first-order valence-electron chi connectivity index (χ1n) is 6.49. The minimum Gasteiger partial charge on any atom is -0.326 e. The number of nitrogens with two attached hydrogens (primary N) is 1. The Morgan fingerprint density at radius 3 is 2.83 bits per heavy atom. The van der Waals surface area contributed by atoms with Gasteiger partial charge < -0.3 is 5.73 Å². The molecule has 1 aromatic carbocycles. The second-order valence-electron chi connectivity index (χ2n) is 5.07. The van der Waals surface area contributed by atoms with Crippen LogP contribution in [0, 0.1) is 5.92 Å². The van der Waals surface area contributed by atoms with Crippen molar-refractivity contribution in [1.29, 1.82) is 0 Å². The van der Waals surface area contributed by atoms with Crippen LogP contribution in [0.1, 0.15) is 24.7 Å². The van der Waals surface area contributed by atoms with Crippen LogP contribution in [0.15, 0.2) is 24.3 Å². The first-order valence-corrected chi connectivity index (χ1v) is 6.49. The van der Waals surface area contributed by atoms with Crippen LogP contribution in [-0.2, 0) is 19.5 Å². The van der Waals surface area contributed by atoms with Gasteiger partial charge >= 0.3 is 0 Å². The Bertz CT molecular complexity index is 541. The molecule has 4 heteroatoms. The van der Waals surface area contributed by atoms with E-state index in [-0.39, 0.29) is 0 Å². The molecule has 0 radical (unpaired) electrons. The maximum absolute atomic E-state index is 5.60. The number of rotatable bonds is 2. The normalized spacial score (nSPS) is 18.7. The van der Waals surface area contributed by atoms with Gasteiger partial charge in [0, 0.05) is 25.1 Å². The van der Waals surface area contributed by atoms with Crippen molar-refractivity contribution < 1.29 is 0 Å². The molecule has 18 heavy (non-hydrogen) atoms. The van der Waals surface area contributed by atoms with E-state index in [1.165, 1.54) is 6.42 Å². The van der Waals surface area contributed by atoms with Gasteiger partial charge in [0.05, 0.1) is 0 Å². The van der Waals surface area contributed by atoms with E-state index in [9.17, 15) is 0 Å². The molecule has 0 aliphatic carbocycles. The molecular weight excluding hydrogens is 224 g/mol. The summed E-state index contributed by atoms with van der Waals surface area (Å²) >= 11 is 0. The van der Waals surface area contributed by atoms with E-state index in [4.69, 9.17) is 5.73 Å². The molecule has 0 spiro atoms. The minimum atomic E-state index is 0.574. The Morgan fingerprint density at radius 1 is 1.33 bits per heavy atom. The fourth-order valence-corrected chi connectivity index (χ4v) is 2.37. The van der Waals surface area contributed by atoms with Crippen LogP contribution in [0.2, 0.25) is 0 Å². The highest BCUT2D eigenvalue weighted by Crippen LogP contribution is 2.22. The molecule has 4 nitrogen and oxygen atoms in total. The number of hydrogen-bond acceptors (Lipinski definition) is 3. The van der Waals surface area contributed by atoms with E-state index >= 15 is 0 Å². The Balaban J connectivity index is 1.92. The molecular formula is C14H18N4. The number of aryl methyl sites for hydroxylation is 1. The molecule has 2 aromatic rings. The maximum Gasteiger partial charge on any atom is 0.181 e. The summed E-state index contributed by atoms with van der Waals surface area (Å²) in [6, 6.07) is 8.18. The van der Waals surface area contributed by atoms with Gasteiger partial charge in [0.25, 0.3) is 0 Å². The molecule has 0 amide bonds. The van der Waals surface area contributed by atoms with Crippen molar-refractivity contribution in [2.45, 2.75) is 32.9 Å². The quantitative estimate of drug-likeness (QED) is 0.876. The van der Waals surface area contributed by atoms with Gasteiger partial charge in [-0.3, -0.25) is 0 Å². The molecule has 0 unspecified atom stereocenters. The highest BCUT2D eigenvalue weighted by atomic mass is 15.3. The molecule has 1 aromatic heterocycles. The van der Waals surface area contributed by atoms with E-state index in [0.29, 0.717) is 12.5 Å². The van der Waals surface area contributed by atoms with Crippen molar-refractivity contribution in [3.8, 4) is 11.4 Å². The van der Waals surface area contributed by atoms with E-state index in [1.54, 1.807) is 0 Å². The molecule has 1 aliphatic rings. The Kier molecular flexibility index (Phi) is 2.88. The first kappa shape index (κ1) is 11.4. The largest absolute Gasteiger partial charge is 0.326 e. The predicted octanol–water partition coefficient (Wildman–Crippen LogP) is 1.99. The van der Waals surface area contributed by atoms with Crippen molar-refractivity contribution in [1.82, 2.24) is 14.8 Å². The molecule has 0 fully saturated rings. The lowest BCUT2D eigenvalue weighted by atomic mass is 10.0. The lowest BCUT2D eigenvalue weighted by Crippen LogP contribution is -2.18. The number of hydrogen-bond donors (Lipinski definition) is 1. The fraction of sp³-hybridized carbons (Fsp3) is 0.429. The van der Waals surface area contributed by atoms with E-state index < -0.39 is 0 Å². The average molecular weight is 242 g/mol. The van der Waals surface area contributed by atoms with Gasteiger partial charge in [-0.15, -0.1) is 0 Å². The van der Waals surface area contributed by atoms with Gasteiger partial charge in [-0.2, -0.15) is 5.10 Å². The monoisotopic (exact) mass is 242 g/mol. The standard InChI is InChI=1S/C14H18N4/c1-10-6-7-18-13(8-10)16-14(17-18)12-4-2-11(9-15)3-5-12/h2-5,10H,6-9,15H2,1H3/t10-/m0/s1. The number of nitrogens with zero attached hydrogens (tertiary/aromatic N) is 3. The predicted molar refractivity (Wildman–Crippen MR) is 70.8 cm³/mol. The van der Waals surface area contributed by atoms with Crippen molar-refractivity contribution in [3.63, 3.8) is 0 Å². The van der Waals surface area contributed by atoms with Crippen LogP contribution >= 0.6 is 0 Å². The number of benzene rings is 1. The molecule has 2 N–H and O–H groups in total. The van der Waals surface area contributed by atoms with Crippen molar-refractivity contribution in [3.05, 3.63) is 35.7 Å². The molecule has 0 saturated carbocycles. The van der Waals surface area contributed by atoms with Crippen LogP contribution in [0.5, 0.6) is 0 Å². The van der Waals surface area contributed by atoms with E-state index in [2.05, 4.69) is 17.0 Å². The Labute approximate surface area is 107 Å². The summed E-state index contributed by atoms with van der Waals surface area (Å²) in [5.74, 6) is 2.67. The molecule has 1 atom stereocenters. The summed E-state index contributed by atoms with van der Waals surface area (Å²) in [5, 5.41) is 4.59. The third-order valence-corrected chi connectivity index (χ3v) is 3.56. The third kappa shape index (κ3) is 2.04. The highest BCUT2D eigenvalue weighted by Gasteiger charge is 2.19. The number of fused-ring (bicyclic) bond motifs is 1. The Morgan fingerprint density at radius 2 is 2.11 bits per heavy atom. The van der Waals surface area contributed by atoms with Crippen molar-refractivity contribution >= 4 is 0 Å². The molecule has 2 heterocycles. The lowest BCUT2D eigenvalue weighted by molar-refractivity contribution is 0.386. The zero-order valence-electron chi connectivity index (χ0n) is 10.6. The Hall–Kier alpha value is -1.68. The zero-order chi connectivity index (χ0) is 12.5. The molecule has 3 rings (SSSR count). The van der Waals surface area contributed by atoms with Crippen molar-refractivity contribution in [2.75, 3.05) is 0 Å². The highest BCUT2D eigenvalue weighted by molar-refractivity contribution is 5.55. The molecule has 94 valence electrons. The summed E-state index contributed by atoms with van der Waals surface area (Å²) in [6.07, 6.45) is 2.23. The summed E-state index contributed by atoms with van der Waals surface area (Å²) in [6.45, 7) is 3.84. The third-order valence-electron chi connectivity index (χ3n) is 3.56. The van der Waals surface area contributed by atoms with Gasteiger partial charge in [0.1, 0.15) is 5.82 Å². The maximum atomic E-state index is 5.60. The van der Waals surface area contributed by atoms with Gasteiger partial charge in [0.2, 0.25) is 0 Å². The molecule has 1 aliphatic heterocycles. The number of aromatic nitrogens is 3. The van der Waals surface area contributed by atoms with Crippen LogP contribution in [0.25, 0.3) is 11.4 Å². The summed E-state index contributed by atoms with van der Waals surface area (Å²) in [4.78, 5) is 4.65. The fourth-order valence-electron chi connectivity index (χ4n) is 2.37. The average Bonchev–Trinajstić information content (AvgIpc) is 2.81. The van der Waals surface area contributed by atoms with E-state index in [1.807, 2.05) is 28.9 Å². The van der Waals surface area contributed by atoms with Crippen LogP contribution in [0.3, 0.4) is 0 Å². The van der Waals surface area contributed by atoms with Gasteiger partial charge in [0.15, 0.2) is 5.82 Å². The SMILES string of the molecule is C[C@H]1CCn2nc(-c3ccc(CN)cc3)nc2C1. The lowest BCUT2D eigenvalue weighted by Gasteiger charge is -2.17. The van der Waals surface area contributed by atoms with Crippen LogP contribution < -0.4 is 5.73 Å². The minimum absolute atomic E-state index is 0.574. The van der Waals surface area contributed by atoms with Crippen LogP contribution in [-0.4, -0.2) is 14.8 Å².